The molecule has 0 amide bonds. The summed E-state index contributed by atoms with van der Waals surface area (Å²) in [6.45, 7) is 7.79. The van der Waals surface area contributed by atoms with Crippen LogP contribution in [0.2, 0.25) is 0 Å². The van der Waals surface area contributed by atoms with E-state index in [0.717, 1.165) is 25.7 Å². The number of hydrogen-bond acceptors (Lipinski definition) is 3. The smallest absolute Gasteiger partial charge is 0.0474 e. The van der Waals surface area contributed by atoms with Crippen LogP contribution in [-0.2, 0) is 4.74 Å². The number of hydrogen-bond donors (Lipinski definition) is 1. The van der Waals surface area contributed by atoms with Crippen molar-refractivity contribution in [2.75, 3.05) is 39.9 Å². The minimum atomic E-state index is 0.760. The van der Waals surface area contributed by atoms with Crippen LogP contribution >= 0.6 is 0 Å². The van der Waals surface area contributed by atoms with Crippen molar-refractivity contribution in [2.24, 2.45) is 0 Å². The van der Waals surface area contributed by atoms with Gasteiger partial charge >= 0.3 is 0 Å². The summed E-state index contributed by atoms with van der Waals surface area (Å²) in [5.41, 5.74) is 0. The Balaban J connectivity index is 2.22. The van der Waals surface area contributed by atoms with Crippen LogP contribution in [0, 0.1) is 0 Å². The molecule has 0 radical (unpaired) electrons. The second-order valence-corrected chi connectivity index (χ2v) is 4.34. The summed E-state index contributed by atoms with van der Waals surface area (Å²) < 4.78 is 5.11. The van der Waals surface area contributed by atoms with E-state index in [2.05, 4.69) is 17.1 Å². The predicted octanol–water partition coefficient (Wildman–Crippen LogP) is 1.49. The van der Waals surface area contributed by atoms with E-state index in [1.54, 1.807) is 7.11 Å². The Labute approximate surface area is 94.2 Å². The lowest BCUT2D eigenvalue weighted by molar-refractivity contribution is 0.121. The molecule has 0 bridgehead atoms. The zero-order chi connectivity index (χ0) is 10.9. The van der Waals surface area contributed by atoms with E-state index in [-0.39, 0.29) is 0 Å². The average molecular weight is 214 g/mol. The molecule has 1 atom stereocenters. The van der Waals surface area contributed by atoms with Crippen molar-refractivity contribution in [3.63, 3.8) is 0 Å². The standard InChI is InChI=1S/C12H26N2O/c1-3-13-11-12-7-4-5-8-14(12)9-6-10-15-2/h12-13H,3-11H2,1-2H3. The van der Waals surface area contributed by atoms with Crippen LogP contribution in [0.4, 0.5) is 0 Å². The second kappa shape index (κ2) is 8.08. The molecule has 0 saturated carbocycles. The second-order valence-electron chi connectivity index (χ2n) is 4.34. The van der Waals surface area contributed by atoms with Crippen LogP contribution < -0.4 is 5.32 Å². The highest BCUT2D eigenvalue weighted by atomic mass is 16.5. The molecule has 0 aromatic heterocycles. The van der Waals surface area contributed by atoms with Gasteiger partial charge in [-0.05, 0) is 32.4 Å². The summed E-state index contributed by atoms with van der Waals surface area (Å²) in [6, 6.07) is 0.760. The van der Waals surface area contributed by atoms with Gasteiger partial charge in [-0.3, -0.25) is 4.90 Å². The first-order valence-electron chi connectivity index (χ1n) is 6.32. The first-order chi connectivity index (χ1) is 7.38. The zero-order valence-electron chi connectivity index (χ0n) is 10.3. The molecule has 1 aliphatic rings. The lowest BCUT2D eigenvalue weighted by Gasteiger charge is -2.35. The third kappa shape index (κ3) is 4.96. The van der Waals surface area contributed by atoms with Crippen molar-refractivity contribution in [2.45, 2.75) is 38.6 Å². The van der Waals surface area contributed by atoms with Crippen molar-refractivity contribution in [1.29, 1.82) is 0 Å². The highest BCUT2D eigenvalue weighted by Crippen LogP contribution is 2.16. The highest BCUT2D eigenvalue weighted by Gasteiger charge is 2.20. The first kappa shape index (κ1) is 12.9. The number of rotatable bonds is 7. The number of likely N-dealkylation sites (N-methyl/N-ethyl adjacent to an activating group) is 1. The molecule has 1 aliphatic heterocycles. The minimum Gasteiger partial charge on any atom is -0.385 e. The molecule has 1 saturated heterocycles. The van der Waals surface area contributed by atoms with Crippen LogP contribution in [0.25, 0.3) is 0 Å². The van der Waals surface area contributed by atoms with E-state index in [9.17, 15) is 0 Å². The summed E-state index contributed by atoms with van der Waals surface area (Å²) >= 11 is 0. The monoisotopic (exact) mass is 214 g/mol. The van der Waals surface area contributed by atoms with E-state index in [4.69, 9.17) is 4.74 Å². The largest absolute Gasteiger partial charge is 0.385 e. The van der Waals surface area contributed by atoms with Gasteiger partial charge in [-0.2, -0.15) is 0 Å². The van der Waals surface area contributed by atoms with Gasteiger partial charge in [0.2, 0.25) is 0 Å². The topological polar surface area (TPSA) is 24.5 Å². The Hall–Kier alpha value is -0.120. The summed E-state index contributed by atoms with van der Waals surface area (Å²) in [5.74, 6) is 0. The van der Waals surface area contributed by atoms with E-state index in [1.807, 2.05) is 0 Å². The van der Waals surface area contributed by atoms with E-state index >= 15 is 0 Å². The lowest BCUT2D eigenvalue weighted by atomic mass is 10.0. The molecular formula is C12H26N2O. The summed E-state index contributed by atoms with van der Waals surface area (Å²) in [6.07, 6.45) is 5.30. The molecule has 15 heavy (non-hydrogen) atoms. The summed E-state index contributed by atoms with van der Waals surface area (Å²) in [4.78, 5) is 2.63. The van der Waals surface area contributed by atoms with Crippen LogP contribution in [-0.4, -0.2) is 50.8 Å². The average Bonchev–Trinajstić information content (AvgIpc) is 2.28. The number of nitrogens with one attached hydrogen (secondary N) is 1. The van der Waals surface area contributed by atoms with Crippen LogP contribution in [0.15, 0.2) is 0 Å². The fourth-order valence-electron chi connectivity index (χ4n) is 2.31. The van der Waals surface area contributed by atoms with Crippen molar-refractivity contribution in [3.8, 4) is 0 Å². The number of piperidine rings is 1. The number of likely N-dealkylation sites (tertiary alicyclic amines) is 1. The molecular weight excluding hydrogens is 188 g/mol. The third-order valence-corrected chi connectivity index (χ3v) is 3.17. The predicted molar refractivity (Wildman–Crippen MR) is 64.2 cm³/mol. The molecule has 1 unspecified atom stereocenters. The first-order valence-corrected chi connectivity index (χ1v) is 6.32. The molecule has 1 N–H and O–H groups in total. The molecule has 90 valence electrons. The Morgan fingerprint density at radius 2 is 2.27 bits per heavy atom. The molecule has 0 aromatic rings. The van der Waals surface area contributed by atoms with Crippen molar-refractivity contribution in [3.05, 3.63) is 0 Å². The van der Waals surface area contributed by atoms with E-state index in [1.165, 1.54) is 38.8 Å². The van der Waals surface area contributed by atoms with Gasteiger partial charge in [-0.25, -0.2) is 0 Å². The van der Waals surface area contributed by atoms with E-state index in [0.29, 0.717) is 0 Å². The molecule has 3 heteroatoms. The molecule has 1 rings (SSSR count). The molecule has 3 nitrogen and oxygen atoms in total. The molecule has 1 heterocycles. The molecule has 0 aromatic carbocycles. The van der Waals surface area contributed by atoms with Gasteiger partial charge in [0.15, 0.2) is 0 Å². The van der Waals surface area contributed by atoms with Gasteiger partial charge < -0.3 is 10.1 Å². The van der Waals surface area contributed by atoms with E-state index < -0.39 is 0 Å². The van der Waals surface area contributed by atoms with Gasteiger partial charge in [0, 0.05) is 32.8 Å². The number of nitrogens with zero attached hydrogens (tertiary/aromatic N) is 1. The Bertz CT molecular complexity index is 153. The molecule has 0 spiro atoms. The molecule has 0 aliphatic carbocycles. The normalized spacial score (nSPS) is 23.2. The Kier molecular flexibility index (Phi) is 6.98. The van der Waals surface area contributed by atoms with Gasteiger partial charge in [0.05, 0.1) is 0 Å². The maximum atomic E-state index is 5.11. The van der Waals surface area contributed by atoms with Crippen LogP contribution in [0.3, 0.4) is 0 Å². The van der Waals surface area contributed by atoms with Crippen LogP contribution in [0.5, 0.6) is 0 Å². The van der Waals surface area contributed by atoms with Gasteiger partial charge in [0.25, 0.3) is 0 Å². The van der Waals surface area contributed by atoms with Gasteiger partial charge in [-0.15, -0.1) is 0 Å². The van der Waals surface area contributed by atoms with Gasteiger partial charge in [-0.1, -0.05) is 13.3 Å². The summed E-state index contributed by atoms with van der Waals surface area (Å²) in [5, 5.41) is 3.47. The van der Waals surface area contributed by atoms with Crippen molar-refractivity contribution < 1.29 is 4.74 Å². The fraction of sp³-hybridized carbons (Fsp3) is 1.00. The van der Waals surface area contributed by atoms with Crippen molar-refractivity contribution in [1.82, 2.24) is 10.2 Å². The maximum absolute atomic E-state index is 5.11. The lowest BCUT2D eigenvalue weighted by Crippen LogP contribution is -2.46. The van der Waals surface area contributed by atoms with Crippen LogP contribution in [0.1, 0.15) is 32.6 Å². The van der Waals surface area contributed by atoms with Gasteiger partial charge in [0.1, 0.15) is 0 Å². The number of ether oxygens (including phenoxy) is 1. The Morgan fingerprint density at radius 1 is 1.40 bits per heavy atom. The molecule has 1 fully saturated rings. The maximum Gasteiger partial charge on any atom is 0.0474 e. The SMILES string of the molecule is CCNCC1CCCCN1CCCOC. The number of methoxy groups -OCH3 is 1. The highest BCUT2D eigenvalue weighted by molar-refractivity contribution is 4.78. The summed E-state index contributed by atoms with van der Waals surface area (Å²) in [7, 11) is 1.78. The fourth-order valence-corrected chi connectivity index (χ4v) is 2.31. The quantitative estimate of drug-likeness (QED) is 0.650. The third-order valence-electron chi connectivity index (χ3n) is 3.17. The zero-order valence-corrected chi connectivity index (χ0v) is 10.3. The Morgan fingerprint density at radius 3 is 3.00 bits per heavy atom. The van der Waals surface area contributed by atoms with Crippen molar-refractivity contribution >= 4 is 0 Å². The minimum absolute atomic E-state index is 0.760.